The van der Waals surface area contributed by atoms with Gasteiger partial charge in [-0.25, -0.2) is 0 Å². The summed E-state index contributed by atoms with van der Waals surface area (Å²) in [4.78, 5) is 14.9. The molecule has 0 radical (unpaired) electrons. The summed E-state index contributed by atoms with van der Waals surface area (Å²) in [6, 6.07) is 11.5. The largest absolute Gasteiger partial charge is 0.489 e. The molecule has 0 spiro atoms. The summed E-state index contributed by atoms with van der Waals surface area (Å²) < 4.78 is 22.4. The summed E-state index contributed by atoms with van der Waals surface area (Å²) in [6.07, 6.45) is 0.303. The predicted molar refractivity (Wildman–Crippen MR) is 122 cm³/mol. The molecule has 1 aromatic carbocycles. The number of rotatable bonds is 9. The number of carbonyl (C=O) groups excluding carboxylic acids is 1. The van der Waals surface area contributed by atoms with Crippen LogP contribution in [0.2, 0.25) is 0 Å². The Balaban J connectivity index is 1.30. The fourth-order valence-electron chi connectivity index (χ4n) is 3.96. The van der Waals surface area contributed by atoms with Gasteiger partial charge in [-0.3, -0.25) is 9.69 Å². The van der Waals surface area contributed by atoms with Gasteiger partial charge in [-0.05, 0) is 50.6 Å². The molecule has 4 rings (SSSR count). The molecule has 0 aliphatic carbocycles. The molecule has 1 unspecified atom stereocenters. The third-order valence-corrected chi connectivity index (χ3v) is 5.92. The Morgan fingerprint density at radius 3 is 2.52 bits per heavy atom. The van der Waals surface area contributed by atoms with Crippen molar-refractivity contribution in [2.24, 2.45) is 0 Å². The second kappa shape index (κ2) is 10.7. The quantitative estimate of drug-likeness (QED) is 0.530. The number of ether oxygens (including phenoxy) is 2. The number of aryl methyl sites for hydroxylation is 3. The van der Waals surface area contributed by atoms with Gasteiger partial charge in [-0.2, -0.15) is 0 Å². The van der Waals surface area contributed by atoms with E-state index in [0.29, 0.717) is 32.8 Å². The number of carbonyl (C=O) groups is 1. The molecule has 0 bridgehead atoms. The number of morpholine rings is 1. The normalized spacial score (nSPS) is 15.4. The van der Waals surface area contributed by atoms with Crippen molar-refractivity contribution in [1.82, 2.24) is 15.4 Å². The zero-order chi connectivity index (χ0) is 23.2. The zero-order valence-electron chi connectivity index (χ0n) is 19.4. The van der Waals surface area contributed by atoms with Crippen LogP contribution in [-0.4, -0.2) is 48.8 Å². The number of nitrogens with one attached hydrogen (secondary N) is 1. The van der Waals surface area contributed by atoms with Crippen LogP contribution in [0.15, 0.2) is 45.3 Å². The molecule has 3 aromatic rings. The lowest BCUT2D eigenvalue weighted by atomic mass is 10.1. The molecule has 1 fully saturated rings. The van der Waals surface area contributed by atoms with E-state index < -0.39 is 0 Å². The Bertz CT molecular complexity index is 1030. The molecule has 1 N–H and O–H groups in total. The smallest absolute Gasteiger partial charge is 0.224 e. The van der Waals surface area contributed by atoms with E-state index in [0.717, 1.165) is 52.9 Å². The molecule has 1 amide bonds. The summed E-state index contributed by atoms with van der Waals surface area (Å²) in [7, 11) is 0. The van der Waals surface area contributed by atoms with Crippen molar-refractivity contribution in [2.75, 3.05) is 32.8 Å². The van der Waals surface area contributed by atoms with Crippen LogP contribution >= 0.6 is 0 Å². The highest BCUT2D eigenvalue weighted by molar-refractivity contribution is 5.78. The first-order valence-electron chi connectivity index (χ1n) is 11.3. The molecule has 1 aliphatic heterocycles. The minimum absolute atomic E-state index is 0.00773. The van der Waals surface area contributed by atoms with Crippen LogP contribution in [0.1, 0.15) is 40.1 Å². The third-order valence-electron chi connectivity index (χ3n) is 5.92. The number of furan rings is 1. The van der Waals surface area contributed by atoms with Crippen LogP contribution in [0.5, 0.6) is 5.75 Å². The number of benzene rings is 1. The fourth-order valence-corrected chi connectivity index (χ4v) is 3.96. The Hall–Kier alpha value is -3.10. The Morgan fingerprint density at radius 2 is 1.88 bits per heavy atom. The van der Waals surface area contributed by atoms with E-state index in [1.54, 1.807) is 0 Å². The number of aromatic nitrogens is 1. The summed E-state index contributed by atoms with van der Waals surface area (Å²) in [6.45, 7) is 9.60. The van der Waals surface area contributed by atoms with Crippen LogP contribution in [-0.2, 0) is 22.6 Å². The van der Waals surface area contributed by atoms with Crippen LogP contribution < -0.4 is 10.1 Å². The average molecular weight is 454 g/mol. The Kier molecular flexibility index (Phi) is 7.47. The summed E-state index contributed by atoms with van der Waals surface area (Å²) >= 11 is 0. The fraction of sp³-hybridized carbons (Fsp3) is 0.440. The van der Waals surface area contributed by atoms with Crippen molar-refractivity contribution in [1.29, 1.82) is 0 Å². The lowest BCUT2D eigenvalue weighted by Gasteiger charge is -2.33. The van der Waals surface area contributed by atoms with Crippen molar-refractivity contribution >= 4 is 5.91 Å². The standard InChI is InChI=1S/C25H31N3O5/c1-17-4-9-24(32-17)23(28-10-12-30-13-11-28)15-26-25(29)14-20-5-7-21(8-6-20)31-16-22-18(2)27-33-19(22)3/h4-9,23H,10-16H2,1-3H3,(H,26,29). The maximum atomic E-state index is 12.6. The molecule has 8 heteroatoms. The van der Waals surface area contributed by atoms with Gasteiger partial charge in [0.15, 0.2) is 0 Å². The highest BCUT2D eigenvalue weighted by Crippen LogP contribution is 2.23. The van der Waals surface area contributed by atoms with Crippen molar-refractivity contribution in [3.63, 3.8) is 0 Å². The Morgan fingerprint density at radius 1 is 1.12 bits per heavy atom. The first-order chi connectivity index (χ1) is 16.0. The maximum absolute atomic E-state index is 12.6. The second-order valence-corrected chi connectivity index (χ2v) is 8.33. The minimum atomic E-state index is -0.0269. The van der Waals surface area contributed by atoms with Gasteiger partial charge in [0, 0.05) is 19.6 Å². The molecule has 1 atom stereocenters. The Labute approximate surface area is 193 Å². The van der Waals surface area contributed by atoms with E-state index in [9.17, 15) is 4.79 Å². The van der Waals surface area contributed by atoms with Crippen LogP contribution in [0.25, 0.3) is 0 Å². The monoisotopic (exact) mass is 453 g/mol. The molecule has 1 aliphatic rings. The number of hydrogen-bond acceptors (Lipinski definition) is 7. The number of hydrogen-bond donors (Lipinski definition) is 1. The molecular weight excluding hydrogens is 422 g/mol. The molecular formula is C25H31N3O5. The van der Waals surface area contributed by atoms with Gasteiger partial charge in [0.2, 0.25) is 5.91 Å². The zero-order valence-corrected chi connectivity index (χ0v) is 19.4. The maximum Gasteiger partial charge on any atom is 0.224 e. The van der Waals surface area contributed by atoms with E-state index in [1.165, 1.54) is 0 Å². The lowest BCUT2D eigenvalue weighted by Crippen LogP contribution is -2.43. The minimum Gasteiger partial charge on any atom is -0.489 e. The van der Waals surface area contributed by atoms with Gasteiger partial charge in [-0.1, -0.05) is 17.3 Å². The molecule has 0 saturated carbocycles. The van der Waals surface area contributed by atoms with Crippen molar-refractivity contribution < 1.29 is 23.2 Å². The molecule has 2 aromatic heterocycles. The van der Waals surface area contributed by atoms with Crippen LogP contribution in [0.4, 0.5) is 0 Å². The predicted octanol–water partition coefficient (Wildman–Crippen LogP) is 3.50. The van der Waals surface area contributed by atoms with Crippen LogP contribution in [0, 0.1) is 20.8 Å². The van der Waals surface area contributed by atoms with E-state index >= 15 is 0 Å². The molecule has 3 heterocycles. The van der Waals surface area contributed by atoms with Crippen molar-refractivity contribution in [3.05, 3.63) is 70.5 Å². The van der Waals surface area contributed by atoms with Gasteiger partial charge >= 0.3 is 0 Å². The van der Waals surface area contributed by atoms with Crippen molar-refractivity contribution in [3.8, 4) is 5.75 Å². The number of amides is 1. The average Bonchev–Trinajstić information content (AvgIpc) is 3.39. The highest BCUT2D eigenvalue weighted by Gasteiger charge is 2.25. The molecule has 176 valence electrons. The number of nitrogens with zero attached hydrogens (tertiary/aromatic N) is 2. The van der Waals surface area contributed by atoms with E-state index in [4.69, 9.17) is 18.4 Å². The summed E-state index contributed by atoms with van der Waals surface area (Å²) in [5, 5.41) is 7.02. The van der Waals surface area contributed by atoms with Crippen LogP contribution in [0.3, 0.4) is 0 Å². The van der Waals surface area contributed by atoms with Gasteiger partial charge in [-0.15, -0.1) is 0 Å². The van der Waals surface area contributed by atoms with E-state index in [-0.39, 0.29) is 11.9 Å². The highest BCUT2D eigenvalue weighted by atomic mass is 16.5. The third kappa shape index (κ3) is 6.03. The molecule has 1 saturated heterocycles. The van der Waals surface area contributed by atoms with Gasteiger partial charge in [0.25, 0.3) is 0 Å². The van der Waals surface area contributed by atoms with Gasteiger partial charge in [0.05, 0.1) is 36.9 Å². The second-order valence-electron chi connectivity index (χ2n) is 8.33. The molecule has 8 nitrogen and oxygen atoms in total. The first kappa shape index (κ1) is 23.1. The van der Waals surface area contributed by atoms with Crippen molar-refractivity contribution in [2.45, 2.75) is 39.8 Å². The lowest BCUT2D eigenvalue weighted by molar-refractivity contribution is -0.120. The topological polar surface area (TPSA) is 90.0 Å². The molecule has 33 heavy (non-hydrogen) atoms. The SMILES string of the molecule is Cc1ccc(C(CNC(=O)Cc2ccc(OCc3c(C)noc3C)cc2)N2CCOCC2)o1. The van der Waals surface area contributed by atoms with E-state index in [2.05, 4.69) is 15.4 Å². The summed E-state index contributed by atoms with van der Waals surface area (Å²) in [5.74, 6) is 3.21. The van der Waals surface area contributed by atoms with Gasteiger partial charge in [0.1, 0.15) is 29.6 Å². The first-order valence-corrected chi connectivity index (χ1v) is 11.3. The van der Waals surface area contributed by atoms with Gasteiger partial charge < -0.3 is 23.7 Å². The van der Waals surface area contributed by atoms with E-state index in [1.807, 2.05) is 57.2 Å². The summed E-state index contributed by atoms with van der Waals surface area (Å²) in [5.41, 5.74) is 2.72.